The first-order valence-electron chi connectivity index (χ1n) is 11.0. The first-order chi connectivity index (χ1) is 16.8. The lowest BCUT2D eigenvalue weighted by Gasteiger charge is -2.18. The molecule has 6 nitrogen and oxygen atoms in total. The van der Waals surface area contributed by atoms with Gasteiger partial charge in [-0.15, -0.1) is 0 Å². The van der Waals surface area contributed by atoms with Crippen LogP contribution in [0.2, 0.25) is 0 Å². The normalized spacial score (nSPS) is 16.0. The van der Waals surface area contributed by atoms with Crippen LogP contribution in [0.1, 0.15) is 12.0 Å². The SMILES string of the molecule is C=CC(=O)N1CCC(Oc2cnccc2-c2[nH]c3cccnc3c2-c2cccc(C(F)(F)F)c2)C1. The van der Waals surface area contributed by atoms with Gasteiger partial charge in [0.1, 0.15) is 11.9 Å². The van der Waals surface area contributed by atoms with Crippen molar-refractivity contribution in [2.24, 2.45) is 0 Å². The Kier molecular flexibility index (Phi) is 5.76. The minimum Gasteiger partial charge on any atom is -0.486 e. The Morgan fingerprint density at radius 1 is 1.20 bits per heavy atom. The zero-order valence-corrected chi connectivity index (χ0v) is 18.5. The standard InChI is InChI=1S/C26H21F3N4O2/c1-2-22(34)33-12-9-18(15-33)35-21-14-30-11-8-19(21)24-23(25-20(32-24)7-4-10-31-25)16-5-3-6-17(13-16)26(27,28)29/h2-8,10-11,13-14,18,32H,1,9,12,15H2. The van der Waals surface area contributed by atoms with Gasteiger partial charge in [-0.25, -0.2) is 0 Å². The van der Waals surface area contributed by atoms with Crippen molar-refractivity contribution in [1.82, 2.24) is 19.9 Å². The molecule has 9 heteroatoms. The zero-order valence-electron chi connectivity index (χ0n) is 18.5. The summed E-state index contributed by atoms with van der Waals surface area (Å²) in [5.41, 5.74) is 2.63. The van der Waals surface area contributed by atoms with Crippen LogP contribution in [0.4, 0.5) is 13.2 Å². The van der Waals surface area contributed by atoms with Crippen LogP contribution in [0.3, 0.4) is 0 Å². The summed E-state index contributed by atoms with van der Waals surface area (Å²) < 4.78 is 46.6. The number of rotatable bonds is 5. The number of fused-ring (bicyclic) bond motifs is 1. The summed E-state index contributed by atoms with van der Waals surface area (Å²) in [4.78, 5) is 25.5. The largest absolute Gasteiger partial charge is 0.486 e. The van der Waals surface area contributed by atoms with E-state index in [4.69, 9.17) is 4.74 Å². The number of H-pyrrole nitrogens is 1. The molecule has 0 spiro atoms. The maximum atomic E-state index is 13.5. The number of carbonyl (C=O) groups is 1. The summed E-state index contributed by atoms with van der Waals surface area (Å²) in [5, 5.41) is 0. The van der Waals surface area contributed by atoms with Crippen molar-refractivity contribution in [2.45, 2.75) is 18.7 Å². The van der Waals surface area contributed by atoms with Gasteiger partial charge in [-0.05, 0) is 42.0 Å². The third-order valence-corrected chi connectivity index (χ3v) is 6.01. The number of pyridine rings is 2. The fourth-order valence-electron chi connectivity index (χ4n) is 4.37. The molecule has 3 aromatic heterocycles. The molecule has 1 fully saturated rings. The van der Waals surface area contributed by atoms with Gasteiger partial charge in [-0.1, -0.05) is 18.7 Å². The molecule has 1 aromatic carbocycles. The maximum Gasteiger partial charge on any atom is 0.416 e. The van der Waals surface area contributed by atoms with E-state index in [1.807, 2.05) is 6.07 Å². The number of hydrogen-bond acceptors (Lipinski definition) is 4. The topological polar surface area (TPSA) is 71.1 Å². The number of carbonyl (C=O) groups excluding carboxylic acids is 1. The highest BCUT2D eigenvalue weighted by Crippen LogP contribution is 2.42. The first-order valence-corrected chi connectivity index (χ1v) is 11.0. The van der Waals surface area contributed by atoms with Crippen molar-refractivity contribution in [3.8, 4) is 28.1 Å². The Labute approximate surface area is 199 Å². The number of hydrogen-bond donors (Lipinski definition) is 1. The number of halogens is 3. The van der Waals surface area contributed by atoms with Crippen LogP contribution < -0.4 is 4.74 Å². The molecule has 1 aliphatic heterocycles. The number of benzene rings is 1. The van der Waals surface area contributed by atoms with Crippen LogP contribution >= 0.6 is 0 Å². The number of ether oxygens (including phenoxy) is 1. The second kappa shape index (κ2) is 8.90. The number of likely N-dealkylation sites (tertiary alicyclic amines) is 1. The smallest absolute Gasteiger partial charge is 0.416 e. The lowest BCUT2D eigenvalue weighted by Crippen LogP contribution is -2.29. The van der Waals surface area contributed by atoms with Crippen molar-refractivity contribution in [1.29, 1.82) is 0 Å². The fourth-order valence-corrected chi connectivity index (χ4v) is 4.37. The summed E-state index contributed by atoms with van der Waals surface area (Å²) in [6.45, 7) is 4.49. The van der Waals surface area contributed by atoms with Crippen LogP contribution in [-0.2, 0) is 11.0 Å². The molecule has 1 N–H and O–H groups in total. The van der Waals surface area contributed by atoms with E-state index in [9.17, 15) is 18.0 Å². The number of aromatic amines is 1. The minimum absolute atomic E-state index is 0.156. The highest BCUT2D eigenvalue weighted by atomic mass is 19.4. The van der Waals surface area contributed by atoms with Gasteiger partial charge < -0.3 is 14.6 Å². The van der Waals surface area contributed by atoms with Gasteiger partial charge in [0.2, 0.25) is 5.91 Å². The van der Waals surface area contributed by atoms with Crippen LogP contribution in [0, 0.1) is 0 Å². The Balaban J connectivity index is 1.60. The predicted molar refractivity (Wildman–Crippen MR) is 126 cm³/mol. The van der Waals surface area contributed by atoms with Gasteiger partial charge in [-0.3, -0.25) is 14.8 Å². The summed E-state index contributed by atoms with van der Waals surface area (Å²) in [6, 6.07) is 10.5. The van der Waals surface area contributed by atoms with Crippen LogP contribution in [0.5, 0.6) is 5.75 Å². The van der Waals surface area contributed by atoms with E-state index < -0.39 is 11.7 Å². The van der Waals surface area contributed by atoms with Gasteiger partial charge >= 0.3 is 6.18 Å². The number of aromatic nitrogens is 3. The molecule has 0 bridgehead atoms. The van der Waals surface area contributed by atoms with E-state index in [0.29, 0.717) is 58.7 Å². The predicted octanol–water partition coefficient (Wildman–Crippen LogP) is 5.48. The number of nitrogens with one attached hydrogen (secondary N) is 1. The molecular formula is C26H21F3N4O2. The Hall–Kier alpha value is -4.14. The van der Waals surface area contributed by atoms with Crippen molar-refractivity contribution < 1.29 is 22.7 Å². The van der Waals surface area contributed by atoms with E-state index in [2.05, 4.69) is 21.5 Å². The molecule has 5 rings (SSSR count). The van der Waals surface area contributed by atoms with Gasteiger partial charge in [0, 0.05) is 36.5 Å². The number of nitrogens with zero attached hydrogens (tertiary/aromatic N) is 3. The molecule has 0 aliphatic carbocycles. The van der Waals surface area contributed by atoms with E-state index in [1.54, 1.807) is 41.7 Å². The monoisotopic (exact) mass is 478 g/mol. The Morgan fingerprint density at radius 2 is 2.06 bits per heavy atom. The molecule has 0 saturated carbocycles. The Morgan fingerprint density at radius 3 is 2.86 bits per heavy atom. The zero-order chi connectivity index (χ0) is 24.6. The molecule has 1 saturated heterocycles. The lowest BCUT2D eigenvalue weighted by atomic mass is 9.98. The molecule has 1 amide bonds. The number of amides is 1. The molecule has 4 aromatic rings. The molecule has 4 heterocycles. The Bertz CT molecular complexity index is 1410. The second-order valence-electron chi connectivity index (χ2n) is 8.24. The van der Waals surface area contributed by atoms with E-state index in [0.717, 1.165) is 12.1 Å². The van der Waals surface area contributed by atoms with Crippen LogP contribution in [-0.4, -0.2) is 45.0 Å². The van der Waals surface area contributed by atoms with Gasteiger partial charge in [0.25, 0.3) is 0 Å². The third kappa shape index (κ3) is 4.37. The van der Waals surface area contributed by atoms with Crippen molar-refractivity contribution in [2.75, 3.05) is 13.1 Å². The summed E-state index contributed by atoms with van der Waals surface area (Å²) in [7, 11) is 0. The van der Waals surface area contributed by atoms with E-state index in [1.165, 1.54) is 12.1 Å². The molecular weight excluding hydrogens is 457 g/mol. The summed E-state index contributed by atoms with van der Waals surface area (Å²) >= 11 is 0. The van der Waals surface area contributed by atoms with Gasteiger partial charge in [0.05, 0.1) is 35.0 Å². The average Bonchev–Trinajstić information content (AvgIpc) is 3.48. The summed E-state index contributed by atoms with van der Waals surface area (Å²) in [5.74, 6) is 0.307. The summed E-state index contributed by atoms with van der Waals surface area (Å²) in [6.07, 6.45) is 1.96. The van der Waals surface area contributed by atoms with Crippen molar-refractivity contribution >= 4 is 16.9 Å². The first kappa shape index (κ1) is 22.6. The van der Waals surface area contributed by atoms with Crippen LogP contribution in [0.25, 0.3) is 33.4 Å². The molecule has 178 valence electrons. The van der Waals surface area contributed by atoms with Crippen molar-refractivity contribution in [3.63, 3.8) is 0 Å². The minimum atomic E-state index is -4.47. The molecule has 35 heavy (non-hydrogen) atoms. The second-order valence-corrected chi connectivity index (χ2v) is 8.24. The van der Waals surface area contributed by atoms with Crippen molar-refractivity contribution in [3.05, 3.63) is 79.3 Å². The quantitative estimate of drug-likeness (QED) is 0.386. The average molecular weight is 478 g/mol. The van der Waals surface area contributed by atoms with Crippen LogP contribution in [0.15, 0.2) is 73.7 Å². The maximum absolute atomic E-state index is 13.5. The molecule has 1 aliphatic rings. The molecule has 1 atom stereocenters. The molecule has 0 radical (unpaired) electrons. The highest BCUT2D eigenvalue weighted by Gasteiger charge is 2.31. The van der Waals surface area contributed by atoms with Gasteiger partial charge in [-0.2, -0.15) is 13.2 Å². The molecule has 1 unspecified atom stereocenters. The number of alkyl halides is 3. The van der Waals surface area contributed by atoms with E-state index in [-0.39, 0.29) is 12.0 Å². The lowest BCUT2D eigenvalue weighted by molar-refractivity contribution is -0.137. The third-order valence-electron chi connectivity index (χ3n) is 6.01. The van der Waals surface area contributed by atoms with E-state index >= 15 is 0 Å². The van der Waals surface area contributed by atoms with Gasteiger partial charge in [0.15, 0.2) is 0 Å². The fraction of sp³-hybridized carbons (Fsp3) is 0.192. The highest BCUT2D eigenvalue weighted by molar-refractivity contribution is 6.02.